The summed E-state index contributed by atoms with van der Waals surface area (Å²) >= 11 is 0. The molecule has 3 aliphatic rings. The molecule has 9 rings (SSSR count). The van der Waals surface area contributed by atoms with Crippen LogP contribution in [0.1, 0.15) is 45.2 Å². The molecule has 3 heterocycles. The van der Waals surface area contributed by atoms with Gasteiger partial charge >= 0.3 is 0 Å². The van der Waals surface area contributed by atoms with Gasteiger partial charge in [0, 0.05) is 29.5 Å². The molecular formula is C47H37N3O7. The van der Waals surface area contributed by atoms with Gasteiger partial charge in [-0.25, -0.2) is 0 Å². The molecule has 0 saturated carbocycles. The Morgan fingerprint density at radius 2 is 1.18 bits per heavy atom. The Morgan fingerprint density at radius 1 is 0.632 bits per heavy atom. The zero-order chi connectivity index (χ0) is 39.3. The topological polar surface area (TPSA) is 120 Å². The fourth-order valence-electron chi connectivity index (χ4n) is 7.85. The second-order valence-electron chi connectivity index (χ2n) is 14.2. The van der Waals surface area contributed by atoms with Gasteiger partial charge in [-0.1, -0.05) is 79.7 Å². The van der Waals surface area contributed by atoms with Crippen LogP contribution in [0.5, 0.6) is 23.0 Å². The highest BCUT2D eigenvalue weighted by atomic mass is 16.5. The summed E-state index contributed by atoms with van der Waals surface area (Å²) in [7, 11) is 0. The van der Waals surface area contributed by atoms with Gasteiger partial charge < -0.3 is 24.6 Å². The van der Waals surface area contributed by atoms with Gasteiger partial charge in [0.15, 0.2) is 17.1 Å². The molecule has 10 nitrogen and oxygen atoms in total. The predicted molar refractivity (Wildman–Crippen MR) is 217 cm³/mol. The van der Waals surface area contributed by atoms with E-state index in [1.54, 1.807) is 107 Å². The lowest BCUT2D eigenvalue weighted by molar-refractivity contribution is -0.139. The van der Waals surface area contributed by atoms with Crippen molar-refractivity contribution in [1.29, 1.82) is 0 Å². The van der Waals surface area contributed by atoms with Crippen molar-refractivity contribution in [3.05, 3.63) is 174 Å². The number of hydrogen-bond acceptors (Lipinski definition) is 7. The molecule has 0 unspecified atom stereocenters. The van der Waals surface area contributed by atoms with E-state index >= 15 is 0 Å². The highest BCUT2D eigenvalue weighted by molar-refractivity contribution is 6.16. The smallest absolute Gasteiger partial charge is 0.266 e. The third-order valence-electron chi connectivity index (χ3n) is 10.7. The lowest BCUT2D eigenvalue weighted by atomic mass is 9.82. The van der Waals surface area contributed by atoms with Gasteiger partial charge in [-0.2, -0.15) is 0 Å². The normalized spacial score (nSPS) is 17.5. The lowest BCUT2D eigenvalue weighted by Gasteiger charge is -2.29. The van der Waals surface area contributed by atoms with E-state index in [0.717, 1.165) is 0 Å². The molecule has 3 amide bonds. The van der Waals surface area contributed by atoms with Crippen LogP contribution in [0.2, 0.25) is 0 Å². The molecule has 2 atom stereocenters. The van der Waals surface area contributed by atoms with E-state index in [-0.39, 0.29) is 25.0 Å². The zero-order valence-electron chi connectivity index (χ0n) is 30.9. The van der Waals surface area contributed by atoms with Crippen molar-refractivity contribution in [3.63, 3.8) is 0 Å². The fourth-order valence-corrected chi connectivity index (χ4v) is 7.85. The molecule has 0 spiro atoms. The average molecular weight is 756 g/mol. The lowest BCUT2D eigenvalue weighted by Crippen LogP contribution is -2.44. The van der Waals surface area contributed by atoms with Crippen LogP contribution in [0.4, 0.5) is 28.4 Å². The number of para-hydroxylation sites is 6. The fraction of sp³-hybridized carbons (Fsp3) is 0.128. The van der Waals surface area contributed by atoms with Gasteiger partial charge in [0.25, 0.3) is 17.7 Å². The summed E-state index contributed by atoms with van der Waals surface area (Å²) < 4.78 is 12.4. The maximum atomic E-state index is 14.7. The second kappa shape index (κ2) is 14.2. The van der Waals surface area contributed by atoms with Crippen LogP contribution < -0.4 is 24.2 Å². The van der Waals surface area contributed by atoms with Gasteiger partial charge in [-0.3, -0.25) is 24.2 Å². The first-order chi connectivity index (χ1) is 27.8. The van der Waals surface area contributed by atoms with Gasteiger partial charge in [-0.05, 0) is 90.8 Å². The largest absolute Gasteiger partial charge is 0.454 e. The Kier molecular flexibility index (Phi) is 8.92. The van der Waals surface area contributed by atoms with Gasteiger partial charge in [-0.15, -0.1) is 0 Å². The van der Waals surface area contributed by atoms with Crippen molar-refractivity contribution < 1.29 is 34.1 Å². The number of benzene rings is 6. The molecule has 0 aromatic heterocycles. The predicted octanol–water partition coefficient (Wildman–Crippen LogP) is 9.16. The maximum Gasteiger partial charge on any atom is 0.266 e. The van der Waals surface area contributed by atoms with E-state index in [2.05, 4.69) is 0 Å². The molecule has 3 aliphatic heterocycles. The number of anilines is 5. The SMILES string of the molecule is C[C@H](/C=C/CCO)[C@@]1(O)C(=O)N(Cc2cccc(N3C(=O)c4ccccc4Oc4ccccc43)c2)c2ccc(N3C(=O)c4ccccc4Oc4ccccc43)cc21. The van der Waals surface area contributed by atoms with Crippen LogP contribution in [0, 0.1) is 5.92 Å². The van der Waals surface area contributed by atoms with Crippen LogP contribution in [0.25, 0.3) is 0 Å². The Bertz CT molecular complexity index is 2620. The Hall–Kier alpha value is -7.01. The number of ether oxygens (including phenoxy) is 2. The summed E-state index contributed by atoms with van der Waals surface area (Å²) in [5.41, 5.74) is 2.35. The standard InChI is InChI=1S/C47H37N3O7/c1-30(13-10-11-26-51)47(55)36-28-33(50-39-19-5-9-23-43(39)57-41-21-7-3-17-35(41)45(50)53)24-25-37(36)48(46(47)54)29-31-14-12-15-32(27-31)49-38-18-4-8-22-42(38)56-40-20-6-2-16-34(40)44(49)52/h2-10,12-25,27-28,30,51,55H,11,26,29H2,1H3/b13-10+/t30-,47+/m1/s1. The maximum absolute atomic E-state index is 14.7. The quantitative estimate of drug-likeness (QED) is 0.149. The molecule has 0 bridgehead atoms. The number of nitrogens with zero attached hydrogens (tertiary/aromatic N) is 3. The number of carbonyl (C=O) groups is 3. The Balaban J connectivity index is 1.13. The number of rotatable bonds is 8. The van der Waals surface area contributed by atoms with E-state index in [1.165, 1.54) is 0 Å². The first kappa shape index (κ1) is 35.7. The molecule has 0 aliphatic carbocycles. The summed E-state index contributed by atoms with van der Waals surface area (Å²) in [6, 6.07) is 41.3. The van der Waals surface area contributed by atoms with Gasteiger partial charge in [0.1, 0.15) is 11.5 Å². The number of aliphatic hydroxyl groups excluding tert-OH is 1. The van der Waals surface area contributed by atoms with Crippen molar-refractivity contribution in [2.45, 2.75) is 25.5 Å². The second-order valence-corrected chi connectivity index (χ2v) is 14.2. The van der Waals surface area contributed by atoms with Crippen LogP contribution in [0.15, 0.2) is 152 Å². The minimum absolute atomic E-state index is 0.0673. The molecular weight excluding hydrogens is 719 g/mol. The number of fused-ring (bicyclic) bond motifs is 5. The Labute approximate surface area is 329 Å². The van der Waals surface area contributed by atoms with Crippen molar-refractivity contribution >= 4 is 46.2 Å². The first-order valence-corrected chi connectivity index (χ1v) is 18.7. The summed E-state index contributed by atoms with van der Waals surface area (Å²) in [6.45, 7) is 1.74. The van der Waals surface area contributed by atoms with E-state index < -0.39 is 17.4 Å². The van der Waals surface area contributed by atoms with Crippen molar-refractivity contribution in [2.24, 2.45) is 5.92 Å². The Morgan fingerprint density at radius 3 is 1.77 bits per heavy atom. The minimum Gasteiger partial charge on any atom is -0.454 e. The third kappa shape index (κ3) is 5.94. The molecule has 10 heteroatoms. The molecule has 0 saturated heterocycles. The molecule has 6 aromatic rings. The van der Waals surface area contributed by atoms with Crippen molar-refractivity contribution in [1.82, 2.24) is 0 Å². The summed E-state index contributed by atoms with van der Waals surface area (Å²) in [4.78, 5) is 47.9. The third-order valence-corrected chi connectivity index (χ3v) is 10.7. The zero-order valence-corrected chi connectivity index (χ0v) is 30.9. The van der Waals surface area contributed by atoms with Crippen LogP contribution in [-0.4, -0.2) is 34.5 Å². The van der Waals surface area contributed by atoms with Crippen LogP contribution in [0.3, 0.4) is 0 Å². The number of carbonyl (C=O) groups excluding carboxylic acids is 3. The highest BCUT2D eigenvalue weighted by Crippen LogP contribution is 2.50. The van der Waals surface area contributed by atoms with Gasteiger partial charge in [0.2, 0.25) is 0 Å². The van der Waals surface area contributed by atoms with Crippen molar-refractivity contribution in [3.8, 4) is 23.0 Å². The monoisotopic (exact) mass is 755 g/mol. The molecule has 2 N–H and O–H groups in total. The molecule has 6 aromatic carbocycles. The number of amides is 3. The highest BCUT2D eigenvalue weighted by Gasteiger charge is 2.53. The molecule has 282 valence electrons. The molecule has 57 heavy (non-hydrogen) atoms. The minimum atomic E-state index is -2.03. The van der Waals surface area contributed by atoms with E-state index in [0.29, 0.717) is 80.1 Å². The average Bonchev–Trinajstić information content (AvgIpc) is 3.32. The summed E-state index contributed by atoms with van der Waals surface area (Å²) in [5.74, 6) is 0.0167. The summed E-state index contributed by atoms with van der Waals surface area (Å²) in [5, 5.41) is 22.1. The molecule has 0 radical (unpaired) electrons. The van der Waals surface area contributed by atoms with E-state index in [4.69, 9.17) is 9.47 Å². The van der Waals surface area contributed by atoms with Gasteiger partial charge in [0.05, 0.1) is 34.7 Å². The number of hydrogen-bond donors (Lipinski definition) is 2. The van der Waals surface area contributed by atoms with Crippen molar-refractivity contribution in [2.75, 3.05) is 21.3 Å². The van der Waals surface area contributed by atoms with E-state index in [1.807, 2.05) is 66.7 Å². The first-order valence-electron chi connectivity index (χ1n) is 18.7. The van der Waals surface area contributed by atoms with Crippen LogP contribution in [-0.2, 0) is 16.9 Å². The number of aliphatic hydroxyl groups is 2. The molecule has 0 fully saturated rings. The summed E-state index contributed by atoms with van der Waals surface area (Å²) in [6.07, 6.45) is 3.82. The van der Waals surface area contributed by atoms with E-state index in [9.17, 15) is 24.6 Å². The van der Waals surface area contributed by atoms with Crippen LogP contribution >= 0.6 is 0 Å².